The van der Waals surface area contributed by atoms with Gasteiger partial charge in [0, 0.05) is 13.3 Å². The van der Waals surface area contributed by atoms with Gasteiger partial charge in [0.25, 0.3) is 0 Å². The second-order valence-corrected chi connectivity index (χ2v) is 5.40. The van der Waals surface area contributed by atoms with Crippen molar-refractivity contribution < 1.29 is 18.6 Å². The van der Waals surface area contributed by atoms with Crippen LogP contribution < -0.4 is 0 Å². The second-order valence-electron chi connectivity index (χ2n) is 2.72. The summed E-state index contributed by atoms with van der Waals surface area (Å²) in [4.78, 5) is 11.1. The lowest BCUT2D eigenvalue weighted by molar-refractivity contribution is -0.141. The highest BCUT2D eigenvalue weighted by atomic mass is 31.2. The summed E-state index contributed by atoms with van der Waals surface area (Å²) in [5.74, 6) is -0.566. The number of allylic oxidation sites excluding steroid dienone is 1. The topological polar surface area (TPSA) is 52.6 Å². The van der Waals surface area contributed by atoms with E-state index >= 15 is 0 Å². The SMILES string of the molecule is CC=C(OP(C)(C)=O)C(=O)OCC. The van der Waals surface area contributed by atoms with E-state index in [4.69, 9.17) is 4.52 Å². The lowest BCUT2D eigenvalue weighted by Crippen LogP contribution is -2.09. The lowest BCUT2D eigenvalue weighted by atomic mass is 10.5. The average Bonchev–Trinajstić information content (AvgIpc) is 1.99. The van der Waals surface area contributed by atoms with Gasteiger partial charge in [-0.2, -0.15) is 0 Å². The van der Waals surface area contributed by atoms with Crippen molar-refractivity contribution >= 4 is 13.3 Å². The van der Waals surface area contributed by atoms with Crippen LogP contribution in [0.25, 0.3) is 0 Å². The van der Waals surface area contributed by atoms with E-state index in [1.54, 1.807) is 13.8 Å². The molecule has 76 valence electrons. The molecule has 0 amide bonds. The zero-order valence-electron chi connectivity index (χ0n) is 8.36. The van der Waals surface area contributed by atoms with Crippen molar-refractivity contribution in [2.75, 3.05) is 19.9 Å². The second kappa shape index (κ2) is 5.07. The third-order valence-electron chi connectivity index (χ3n) is 1.06. The molecular formula is C8H15O4P. The van der Waals surface area contributed by atoms with Crippen molar-refractivity contribution in [2.45, 2.75) is 13.8 Å². The first-order chi connectivity index (χ1) is 5.90. The van der Waals surface area contributed by atoms with Gasteiger partial charge in [0.05, 0.1) is 6.61 Å². The summed E-state index contributed by atoms with van der Waals surface area (Å²) in [7, 11) is -2.69. The maximum atomic E-state index is 11.2. The summed E-state index contributed by atoms with van der Waals surface area (Å²) < 4.78 is 20.9. The normalized spacial score (nSPS) is 12.5. The van der Waals surface area contributed by atoms with Crippen LogP contribution in [0, 0.1) is 0 Å². The molecule has 0 aromatic heterocycles. The maximum absolute atomic E-state index is 11.2. The van der Waals surface area contributed by atoms with Crippen molar-refractivity contribution in [2.24, 2.45) is 0 Å². The molecule has 0 aliphatic rings. The largest absolute Gasteiger partial charge is 0.460 e. The molecule has 0 unspecified atom stereocenters. The molecule has 0 aromatic rings. The zero-order chi connectivity index (χ0) is 10.5. The minimum Gasteiger partial charge on any atom is -0.460 e. The summed E-state index contributed by atoms with van der Waals surface area (Å²) in [5.41, 5.74) is 0. The quantitative estimate of drug-likeness (QED) is 0.305. The molecule has 0 bridgehead atoms. The highest BCUT2D eigenvalue weighted by molar-refractivity contribution is 7.57. The minimum atomic E-state index is -2.69. The fourth-order valence-corrected chi connectivity index (χ4v) is 1.30. The fraction of sp³-hybridized carbons (Fsp3) is 0.625. The number of carbonyl (C=O) groups is 1. The monoisotopic (exact) mass is 206 g/mol. The molecule has 0 aliphatic heterocycles. The number of carbonyl (C=O) groups excluding carboxylic acids is 1. The Morgan fingerprint density at radius 3 is 2.31 bits per heavy atom. The third-order valence-corrected chi connectivity index (χ3v) is 1.69. The molecule has 0 saturated carbocycles. The summed E-state index contributed by atoms with van der Waals surface area (Å²) in [6, 6.07) is 0. The van der Waals surface area contributed by atoms with Gasteiger partial charge in [0.1, 0.15) is 0 Å². The molecule has 5 heteroatoms. The molecule has 0 rings (SSSR count). The lowest BCUT2D eigenvalue weighted by Gasteiger charge is -2.11. The van der Waals surface area contributed by atoms with Gasteiger partial charge in [-0.3, -0.25) is 4.57 Å². The highest BCUT2D eigenvalue weighted by Crippen LogP contribution is 2.40. The van der Waals surface area contributed by atoms with E-state index in [2.05, 4.69) is 4.74 Å². The fourth-order valence-electron chi connectivity index (χ4n) is 0.647. The van der Waals surface area contributed by atoms with Gasteiger partial charge < -0.3 is 9.26 Å². The van der Waals surface area contributed by atoms with E-state index in [-0.39, 0.29) is 12.4 Å². The number of hydrogen-bond donors (Lipinski definition) is 0. The van der Waals surface area contributed by atoms with Crippen molar-refractivity contribution in [1.29, 1.82) is 0 Å². The Labute approximate surface area is 78.4 Å². The van der Waals surface area contributed by atoms with E-state index < -0.39 is 13.3 Å². The Morgan fingerprint density at radius 2 is 2.00 bits per heavy atom. The van der Waals surface area contributed by atoms with Crippen LogP contribution in [0.4, 0.5) is 0 Å². The van der Waals surface area contributed by atoms with Gasteiger partial charge in [-0.15, -0.1) is 0 Å². The summed E-state index contributed by atoms with van der Waals surface area (Å²) in [5, 5.41) is 0. The Hall–Kier alpha value is -0.760. The van der Waals surface area contributed by atoms with E-state index in [9.17, 15) is 9.36 Å². The van der Waals surface area contributed by atoms with Gasteiger partial charge in [0.2, 0.25) is 13.1 Å². The first-order valence-electron chi connectivity index (χ1n) is 3.98. The highest BCUT2D eigenvalue weighted by Gasteiger charge is 2.17. The average molecular weight is 206 g/mol. The van der Waals surface area contributed by atoms with Crippen LogP contribution in [-0.4, -0.2) is 25.9 Å². The molecule has 0 fully saturated rings. The van der Waals surface area contributed by atoms with E-state index in [1.165, 1.54) is 19.4 Å². The van der Waals surface area contributed by atoms with Gasteiger partial charge >= 0.3 is 5.97 Å². The van der Waals surface area contributed by atoms with Crippen LogP contribution in [-0.2, 0) is 18.6 Å². The van der Waals surface area contributed by atoms with Crippen LogP contribution in [0.1, 0.15) is 13.8 Å². The molecule has 4 nitrogen and oxygen atoms in total. The standard InChI is InChI=1S/C8H15O4P/c1-5-7(8(9)11-6-2)12-13(3,4)10/h5H,6H2,1-4H3. The van der Waals surface area contributed by atoms with E-state index in [0.717, 1.165) is 0 Å². The van der Waals surface area contributed by atoms with Gasteiger partial charge in [-0.05, 0) is 19.9 Å². The first kappa shape index (κ1) is 12.2. The third kappa shape index (κ3) is 5.47. The summed E-state index contributed by atoms with van der Waals surface area (Å²) in [6.07, 6.45) is 1.44. The summed E-state index contributed by atoms with van der Waals surface area (Å²) >= 11 is 0. The molecule has 0 N–H and O–H groups in total. The number of ether oxygens (including phenoxy) is 1. The van der Waals surface area contributed by atoms with Crippen molar-refractivity contribution in [3.63, 3.8) is 0 Å². The molecule has 0 aliphatic carbocycles. The molecule has 0 radical (unpaired) electrons. The Balaban J connectivity index is 4.38. The van der Waals surface area contributed by atoms with E-state index in [0.29, 0.717) is 0 Å². The molecule has 13 heavy (non-hydrogen) atoms. The van der Waals surface area contributed by atoms with Crippen molar-refractivity contribution in [3.05, 3.63) is 11.8 Å². The van der Waals surface area contributed by atoms with Crippen LogP contribution in [0.3, 0.4) is 0 Å². The predicted octanol–water partition coefficient (Wildman–Crippen LogP) is 2.01. The molecule has 0 saturated heterocycles. The Kier molecular flexibility index (Phi) is 4.78. The molecule has 0 spiro atoms. The van der Waals surface area contributed by atoms with Gasteiger partial charge in [0.15, 0.2) is 0 Å². The van der Waals surface area contributed by atoms with E-state index in [1.807, 2.05) is 0 Å². The van der Waals surface area contributed by atoms with Crippen LogP contribution in [0.2, 0.25) is 0 Å². The molecular weight excluding hydrogens is 191 g/mol. The smallest absolute Gasteiger partial charge is 0.373 e. The van der Waals surface area contributed by atoms with Crippen LogP contribution >= 0.6 is 7.37 Å². The zero-order valence-corrected chi connectivity index (χ0v) is 9.26. The Morgan fingerprint density at radius 1 is 1.46 bits per heavy atom. The van der Waals surface area contributed by atoms with Crippen LogP contribution in [0.5, 0.6) is 0 Å². The van der Waals surface area contributed by atoms with Gasteiger partial charge in [-0.25, -0.2) is 4.79 Å². The molecule has 0 heterocycles. The predicted molar refractivity (Wildman–Crippen MR) is 50.9 cm³/mol. The summed E-state index contributed by atoms with van der Waals surface area (Å²) in [6.45, 7) is 6.48. The van der Waals surface area contributed by atoms with Crippen molar-refractivity contribution in [1.82, 2.24) is 0 Å². The first-order valence-corrected chi connectivity index (χ1v) is 6.50. The Bertz CT molecular complexity index is 251. The van der Waals surface area contributed by atoms with Gasteiger partial charge in [-0.1, -0.05) is 0 Å². The molecule has 0 aromatic carbocycles. The number of rotatable bonds is 4. The number of hydrogen-bond acceptors (Lipinski definition) is 4. The van der Waals surface area contributed by atoms with Crippen LogP contribution in [0.15, 0.2) is 11.8 Å². The molecule has 0 atom stereocenters. The minimum absolute atomic E-state index is 0.00943. The number of esters is 1. The maximum Gasteiger partial charge on any atom is 0.373 e. The van der Waals surface area contributed by atoms with Crippen molar-refractivity contribution in [3.8, 4) is 0 Å².